The SMILES string of the molecule is O=C(c1ccccc1)C1CSCCO1. The van der Waals surface area contributed by atoms with Crippen LogP contribution in [0.5, 0.6) is 0 Å². The van der Waals surface area contributed by atoms with E-state index in [1.807, 2.05) is 30.3 Å². The van der Waals surface area contributed by atoms with Crippen molar-refractivity contribution in [1.29, 1.82) is 0 Å². The number of carbonyl (C=O) groups is 1. The molecule has 0 spiro atoms. The lowest BCUT2D eigenvalue weighted by atomic mass is 10.1. The number of Topliss-reactive ketones (excluding diaryl/α,β-unsaturated/α-hetero) is 1. The molecule has 0 saturated carbocycles. The summed E-state index contributed by atoms with van der Waals surface area (Å²) in [6, 6.07) is 9.34. The molecule has 0 aromatic heterocycles. The smallest absolute Gasteiger partial charge is 0.192 e. The molecule has 3 heteroatoms. The first-order valence-corrected chi connectivity index (χ1v) is 5.82. The van der Waals surface area contributed by atoms with Crippen LogP contribution in [-0.4, -0.2) is 30.0 Å². The molecule has 1 aromatic rings. The van der Waals surface area contributed by atoms with Crippen LogP contribution in [0.3, 0.4) is 0 Å². The molecular formula is C11H12O2S. The van der Waals surface area contributed by atoms with Gasteiger partial charge in [0.25, 0.3) is 0 Å². The van der Waals surface area contributed by atoms with E-state index >= 15 is 0 Å². The van der Waals surface area contributed by atoms with Crippen molar-refractivity contribution in [3.63, 3.8) is 0 Å². The highest BCUT2D eigenvalue weighted by molar-refractivity contribution is 7.99. The third-order valence-corrected chi connectivity index (χ3v) is 3.16. The zero-order valence-corrected chi connectivity index (χ0v) is 8.63. The van der Waals surface area contributed by atoms with Gasteiger partial charge in [-0.25, -0.2) is 0 Å². The van der Waals surface area contributed by atoms with Crippen LogP contribution in [0.2, 0.25) is 0 Å². The lowest BCUT2D eigenvalue weighted by Gasteiger charge is -2.20. The molecule has 1 heterocycles. The molecule has 1 atom stereocenters. The Morgan fingerprint density at radius 2 is 2.14 bits per heavy atom. The van der Waals surface area contributed by atoms with Gasteiger partial charge in [-0.1, -0.05) is 30.3 Å². The molecule has 1 fully saturated rings. The van der Waals surface area contributed by atoms with Crippen molar-refractivity contribution in [2.75, 3.05) is 18.1 Å². The third kappa shape index (κ3) is 2.16. The van der Waals surface area contributed by atoms with E-state index in [1.54, 1.807) is 11.8 Å². The average molecular weight is 208 g/mol. The van der Waals surface area contributed by atoms with Gasteiger partial charge in [-0.2, -0.15) is 11.8 Å². The molecular weight excluding hydrogens is 196 g/mol. The van der Waals surface area contributed by atoms with Crippen molar-refractivity contribution in [2.24, 2.45) is 0 Å². The Morgan fingerprint density at radius 3 is 2.79 bits per heavy atom. The van der Waals surface area contributed by atoms with Gasteiger partial charge in [0.2, 0.25) is 0 Å². The number of hydrogen-bond donors (Lipinski definition) is 0. The lowest BCUT2D eigenvalue weighted by Crippen LogP contribution is -2.31. The van der Waals surface area contributed by atoms with Crippen LogP contribution in [-0.2, 0) is 4.74 Å². The summed E-state index contributed by atoms with van der Waals surface area (Å²) in [7, 11) is 0. The second-order valence-electron chi connectivity index (χ2n) is 3.16. The molecule has 1 aliphatic rings. The summed E-state index contributed by atoms with van der Waals surface area (Å²) in [6.07, 6.45) is -0.240. The fraction of sp³-hybridized carbons (Fsp3) is 0.364. The Bertz CT molecular complexity index is 304. The van der Waals surface area contributed by atoms with Crippen LogP contribution in [0.15, 0.2) is 30.3 Å². The normalized spacial score (nSPS) is 21.9. The predicted octanol–water partition coefficient (Wildman–Crippen LogP) is 2.00. The van der Waals surface area contributed by atoms with Gasteiger partial charge in [0.1, 0.15) is 6.10 Å². The fourth-order valence-electron chi connectivity index (χ4n) is 1.43. The first-order chi connectivity index (χ1) is 6.88. The van der Waals surface area contributed by atoms with Crippen LogP contribution < -0.4 is 0 Å². The summed E-state index contributed by atoms with van der Waals surface area (Å²) >= 11 is 1.78. The molecule has 1 unspecified atom stereocenters. The molecule has 0 aliphatic carbocycles. The van der Waals surface area contributed by atoms with Gasteiger partial charge >= 0.3 is 0 Å². The number of ketones is 1. The molecule has 0 amide bonds. The number of rotatable bonds is 2. The van der Waals surface area contributed by atoms with E-state index in [0.29, 0.717) is 6.61 Å². The van der Waals surface area contributed by atoms with Gasteiger partial charge in [-0.3, -0.25) is 4.79 Å². The molecule has 0 N–H and O–H groups in total. The van der Waals surface area contributed by atoms with E-state index in [4.69, 9.17) is 4.74 Å². The Morgan fingerprint density at radius 1 is 1.36 bits per heavy atom. The largest absolute Gasteiger partial charge is 0.368 e. The van der Waals surface area contributed by atoms with Gasteiger partial charge in [0, 0.05) is 17.1 Å². The minimum Gasteiger partial charge on any atom is -0.368 e. The Kier molecular flexibility index (Phi) is 3.22. The molecule has 1 aromatic carbocycles. The van der Waals surface area contributed by atoms with Crippen molar-refractivity contribution in [3.05, 3.63) is 35.9 Å². The van der Waals surface area contributed by atoms with Crippen LogP contribution in [0.1, 0.15) is 10.4 Å². The maximum Gasteiger partial charge on any atom is 0.192 e. The van der Waals surface area contributed by atoms with Crippen LogP contribution in [0.4, 0.5) is 0 Å². The van der Waals surface area contributed by atoms with Crippen molar-refractivity contribution in [2.45, 2.75) is 6.10 Å². The van der Waals surface area contributed by atoms with Crippen molar-refractivity contribution < 1.29 is 9.53 Å². The van der Waals surface area contributed by atoms with Gasteiger partial charge < -0.3 is 4.74 Å². The first kappa shape index (κ1) is 9.74. The second kappa shape index (κ2) is 4.62. The quantitative estimate of drug-likeness (QED) is 0.695. The zero-order chi connectivity index (χ0) is 9.80. The summed E-state index contributed by atoms with van der Waals surface area (Å²) in [6.45, 7) is 0.688. The highest BCUT2D eigenvalue weighted by Crippen LogP contribution is 2.16. The minimum atomic E-state index is -0.240. The maximum absolute atomic E-state index is 11.9. The van der Waals surface area contributed by atoms with E-state index < -0.39 is 0 Å². The predicted molar refractivity (Wildman–Crippen MR) is 57.8 cm³/mol. The van der Waals surface area contributed by atoms with E-state index in [-0.39, 0.29) is 11.9 Å². The van der Waals surface area contributed by atoms with E-state index in [1.165, 1.54) is 0 Å². The van der Waals surface area contributed by atoms with Crippen molar-refractivity contribution >= 4 is 17.5 Å². The molecule has 74 valence electrons. The number of hydrogen-bond acceptors (Lipinski definition) is 3. The van der Waals surface area contributed by atoms with Gasteiger partial charge in [-0.05, 0) is 0 Å². The van der Waals surface area contributed by atoms with Gasteiger partial charge in [0.15, 0.2) is 5.78 Å². The van der Waals surface area contributed by atoms with Crippen molar-refractivity contribution in [3.8, 4) is 0 Å². The standard InChI is InChI=1S/C11H12O2S/c12-11(9-4-2-1-3-5-9)10-8-14-7-6-13-10/h1-5,10H,6-8H2. The molecule has 1 saturated heterocycles. The minimum absolute atomic E-state index is 0.109. The first-order valence-electron chi connectivity index (χ1n) is 4.66. The Balaban J connectivity index is 2.07. The Hall–Kier alpha value is -0.800. The van der Waals surface area contributed by atoms with Crippen molar-refractivity contribution in [1.82, 2.24) is 0 Å². The third-order valence-electron chi connectivity index (χ3n) is 2.17. The fourth-order valence-corrected chi connectivity index (χ4v) is 2.27. The topological polar surface area (TPSA) is 26.3 Å². The molecule has 1 aliphatic heterocycles. The number of benzene rings is 1. The van der Waals surface area contributed by atoms with Crippen LogP contribution in [0, 0.1) is 0 Å². The summed E-state index contributed by atoms with van der Waals surface area (Å²) in [5, 5.41) is 0. The highest BCUT2D eigenvalue weighted by atomic mass is 32.2. The summed E-state index contributed by atoms with van der Waals surface area (Å²) in [4.78, 5) is 11.9. The summed E-state index contributed by atoms with van der Waals surface area (Å²) < 4.78 is 5.42. The second-order valence-corrected chi connectivity index (χ2v) is 4.31. The Labute approximate surface area is 87.6 Å². The van der Waals surface area contributed by atoms with E-state index in [0.717, 1.165) is 17.1 Å². The van der Waals surface area contributed by atoms with Crippen LogP contribution in [0.25, 0.3) is 0 Å². The molecule has 14 heavy (non-hydrogen) atoms. The molecule has 2 rings (SSSR count). The molecule has 0 bridgehead atoms. The highest BCUT2D eigenvalue weighted by Gasteiger charge is 2.22. The number of thioether (sulfide) groups is 1. The number of carbonyl (C=O) groups excluding carboxylic acids is 1. The monoisotopic (exact) mass is 208 g/mol. The average Bonchev–Trinajstić information content (AvgIpc) is 2.30. The van der Waals surface area contributed by atoms with Gasteiger partial charge in [0.05, 0.1) is 6.61 Å². The number of ether oxygens (including phenoxy) is 1. The molecule has 2 nitrogen and oxygen atoms in total. The molecule has 0 radical (unpaired) electrons. The maximum atomic E-state index is 11.9. The lowest BCUT2D eigenvalue weighted by molar-refractivity contribution is 0.0519. The van der Waals surface area contributed by atoms with E-state index in [2.05, 4.69) is 0 Å². The zero-order valence-electron chi connectivity index (χ0n) is 7.81. The van der Waals surface area contributed by atoms with E-state index in [9.17, 15) is 4.79 Å². The summed E-state index contributed by atoms with van der Waals surface area (Å²) in [5.74, 6) is 1.89. The summed E-state index contributed by atoms with van der Waals surface area (Å²) in [5.41, 5.74) is 0.750. The van der Waals surface area contributed by atoms with Crippen LogP contribution >= 0.6 is 11.8 Å². The van der Waals surface area contributed by atoms with Gasteiger partial charge in [-0.15, -0.1) is 0 Å².